The minimum atomic E-state index is -0.0689. The zero-order valence-electron chi connectivity index (χ0n) is 13.6. The number of rotatable bonds is 3. The van der Waals surface area contributed by atoms with Gasteiger partial charge in [0.1, 0.15) is 0 Å². The van der Waals surface area contributed by atoms with Crippen molar-refractivity contribution in [2.45, 2.75) is 32.2 Å². The van der Waals surface area contributed by atoms with E-state index in [1.54, 1.807) is 10.7 Å². The van der Waals surface area contributed by atoms with Gasteiger partial charge < -0.3 is 0 Å². The monoisotopic (exact) mass is 316 g/mol. The molecule has 0 saturated carbocycles. The molecule has 0 radical (unpaired) electrons. The van der Waals surface area contributed by atoms with Gasteiger partial charge in [-0.2, -0.15) is 5.10 Å². The third kappa shape index (κ3) is 3.02. The Hall–Kier alpha value is -2.68. The minimum Gasteiger partial charge on any atom is -0.268 e. The number of nitrogens with zero attached hydrogens (tertiary/aromatic N) is 2. The quantitative estimate of drug-likeness (QED) is 0.736. The van der Waals surface area contributed by atoms with E-state index in [0.29, 0.717) is 6.54 Å². The molecule has 1 aliphatic rings. The van der Waals surface area contributed by atoms with E-state index in [1.807, 2.05) is 36.4 Å². The largest absolute Gasteiger partial charge is 0.268 e. The SMILES string of the molecule is O=c1ccc(-c2ccc3c(c2)CCCC3)nn1Cc1ccccc1. The minimum absolute atomic E-state index is 0.0689. The molecule has 24 heavy (non-hydrogen) atoms. The lowest BCUT2D eigenvalue weighted by atomic mass is 9.90. The molecular formula is C21H20N2O. The third-order valence-electron chi connectivity index (χ3n) is 4.69. The van der Waals surface area contributed by atoms with E-state index in [-0.39, 0.29) is 5.56 Å². The molecular weight excluding hydrogens is 296 g/mol. The maximum absolute atomic E-state index is 12.1. The number of benzene rings is 2. The summed E-state index contributed by atoms with van der Waals surface area (Å²) < 4.78 is 1.55. The van der Waals surface area contributed by atoms with Gasteiger partial charge in [-0.3, -0.25) is 4.79 Å². The van der Waals surface area contributed by atoms with Gasteiger partial charge in [-0.15, -0.1) is 0 Å². The molecule has 1 heterocycles. The van der Waals surface area contributed by atoms with Crippen LogP contribution in [0.15, 0.2) is 65.5 Å². The van der Waals surface area contributed by atoms with Crippen LogP contribution in [0.1, 0.15) is 29.5 Å². The van der Waals surface area contributed by atoms with Crippen LogP contribution in [0, 0.1) is 0 Å². The molecule has 0 bridgehead atoms. The van der Waals surface area contributed by atoms with Gasteiger partial charge in [0.2, 0.25) is 0 Å². The van der Waals surface area contributed by atoms with Crippen LogP contribution in [0.3, 0.4) is 0 Å². The Morgan fingerprint density at radius 2 is 1.67 bits per heavy atom. The standard InChI is InChI=1S/C21H20N2O/c24-21-13-12-20(22-23(21)15-16-6-2-1-3-7-16)19-11-10-17-8-4-5-9-18(17)14-19/h1-3,6-7,10-14H,4-5,8-9,15H2. The van der Waals surface area contributed by atoms with Crippen molar-refractivity contribution in [2.75, 3.05) is 0 Å². The molecule has 2 aromatic carbocycles. The lowest BCUT2D eigenvalue weighted by Crippen LogP contribution is -2.22. The van der Waals surface area contributed by atoms with E-state index >= 15 is 0 Å². The number of aromatic nitrogens is 2. The third-order valence-corrected chi connectivity index (χ3v) is 4.69. The summed E-state index contributed by atoms with van der Waals surface area (Å²) in [6.45, 7) is 0.498. The summed E-state index contributed by atoms with van der Waals surface area (Å²) in [6.07, 6.45) is 4.87. The summed E-state index contributed by atoms with van der Waals surface area (Å²) in [7, 11) is 0. The molecule has 0 N–H and O–H groups in total. The molecule has 3 nitrogen and oxygen atoms in total. The van der Waals surface area contributed by atoms with E-state index in [9.17, 15) is 4.79 Å². The summed E-state index contributed by atoms with van der Waals surface area (Å²) in [5.41, 5.74) is 5.86. The highest BCUT2D eigenvalue weighted by atomic mass is 16.1. The predicted octanol–water partition coefficient (Wildman–Crippen LogP) is 3.84. The molecule has 3 aromatic rings. The first-order valence-corrected chi connectivity index (χ1v) is 8.54. The number of hydrogen-bond donors (Lipinski definition) is 0. The fraction of sp³-hybridized carbons (Fsp3) is 0.238. The highest BCUT2D eigenvalue weighted by molar-refractivity contribution is 5.60. The second-order valence-corrected chi connectivity index (χ2v) is 6.39. The highest BCUT2D eigenvalue weighted by Crippen LogP contribution is 2.26. The van der Waals surface area contributed by atoms with Crippen LogP contribution >= 0.6 is 0 Å². The van der Waals surface area contributed by atoms with Gasteiger partial charge in [-0.05, 0) is 54.5 Å². The van der Waals surface area contributed by atoms with Gasteiger partial charge in [0.15, 0.2) is 0 Å². The number of hydrogen-bond acceptors (Lipinski definition) is 2. The summed E-state index contributed by atoms with van der Waals surface area (Å²) >= 11 is 0. The summed E-state index contributed by atoms with van der Waals surface area (Å²) in [4.78, 5) is 12.1. The van der Waals surface area contributed by atoms with Gasteiger partial charge in [-0.1, -0.05) is 42.5 Å². The Labute approximate surface area is 141 Å². The molecule has 0 fully saturated rings. The molecule has 4 rings (SSSR count). The van der Waals surface area contributed by atoms with Crippen molar-refractivity contribution >= 4 is 0 Å². The molecule has 1 aromatic heterocycles. The van der Waals surface area contributed by atoms with Crippen LogP contribution in [0.2, 0.25) is 0 Å². The molecule has 0 aliphatic heterocycles. The van der Waals surface area contributed by atoms with Crippen molar-refractivity contribution in [3.8, 4) is 11.3 Å². The van der Waals surface area contributed by atoms with Crippen LogP contribution in [-0.4, -0.2) is 9.78 Å². The maximum atomic E-state index is 12.1. The molecule has 0 unspecified atom stereocenters. The maximum Gasteiger partial charge on any atom is 0.267 e. The van der Waals surface area contributed by atoms with Crippen LogP contribution in [0.25, 0.3) is 11.3 Å². The molecule has 0 saturated heterocycles. The van der Waals surface area contributed by atoms with Crippen LogP contribution in [0.4, 0.5) is 0 Å². The lowest BCUT2D eigenvalue weighted by Gasteiger charge is -2.16. The Kier molecular flexibility index (Phi) is 3.99. The Morgan fingerprint density at radius 3 is 2.50 bits per heavy atom. The van der Waals surface area contributed by atoms with Crippen LogP contribution in [0.5, 0.6) is 0 Å². The number of aryl methyl sites for hydroxylation is 2. The topological polar surface area (TPSA) is 34.9 Å². The highest BCUT2D eigenvalue weighted by Gasteiger charge is 2.11. The van der Waals surface area contributed by atoms with E-state index in [2.05, 4.69) is 23.3 Å². The van der Waals surface area contributed by atoms with Gasteiger partial charge in [-0.25, -0.2) is 4.68 Å². The van der Waals surface area contributed by atoms with Gasteiger partial charge in [0.05, 0.1) is 12.2 Å². The second kappa shape index (κ2) is 6.44. The van der Waals surface area contributed by atoms with E-state index in [0.717, 1.165) is 23.2 Å². The predicted molar refractivity (Wildman–Crippen MR) is 96.1 cm³/mol. The first-order chi connectivity index (χ1) is 11.8. The first kappa shape index (κ1) is 14.9. The number of fused-ring (bicyclic) bond motifs is 1. The van der Waals surface area contributed by atoms with Crippen molar-refractivity contribution in [3.05, 3.63) is 87.7 Å². The summed E-state index contributed by atoms with van der Waals surface area (Å²) in [5, 5.41) is 4.59. The van der Waals surface area contributed by atoms with E-state index in [4.69, 9.17) is 0 Å². The van der Waals surface area contributed by atoms with Gasteiger partial charge in [0.25, 0.3) is 5.56 Å². The van der Waals surface area contributed by atoms with Crippen LogP contribution in [-0.2, 0) is 19.4 Å². The molecule has 1 aliphatic carbocycles. The van der Waals surface area contributed by atoms with E-state index in [1.165, 1.54) is 30.4 Å². The van der Waals surface area contributed by atoms with Gasteiger partial charge >= 0.3 is 0 Å². The Balaban J connectivity index is 1.69. The average molecular weight is 316 g/mol. The molecule has 0 amide bonds. The lowest BCUT2D eigenvalue weighted by molar-refractivity contribution is 0.642. The molecule has 0 spiro atoms. The molecule has 120 valence electrons. The van der Waals surface area contributed by atoms with Gasteiger partial charge in [0, 0.05) is 11.6 Å². The first-order valence-electron chi connectivity index (χ1n) is 8.54. The summed E-state index contributed by atoms with van der Waals surface area (Å²) in [5.74, 6) is 0. The molecule has 0 atom stereocenters. The fourth-order valence-corrected chi connectivity index (χ4v) is 3.37. The zero-order valence-corrected chi connectivity index (χ0v) is 13.6. The zero-order chi connectivity index (χ0) is 16.4. The van der Waals surface area contributed by atoms with Crippen molar-refractivity contribution in [1.82, 2.24) is 9.78 Å². The van der Waals surface area contributed by atoms with Crippen LogP contribution < -0.4 is 5.56 Å². The van der Waals surface area contributed by atoms with Crippen molar-refractivity contribution in [2.24, 2.45) is 0 Å². The van der Waals surface area contributed by atoms with Crippen molar-refractivity contribution < 1.29 is 0 Å². The fourth-order valence-electron chi connectivity index (χ4n) is 3.37. The average Bonchev–Trinajstić information content (AvgIpc) is 2.64. The Morgan fingerprint density at radius 1 is 0.875 bits per heavy atom. The summed E-state index contributed by atoms with van der Waals surface area (Å²) in [6, 6.07) is 20.0. The van der Waals surface area contributed by atoms with Crippen molar-refractivity contribution in [1.29, 1.82) is 0 Å². The molecule has 3 heteroatoms. The Bertz CT molecular complexity index is 913. The van der Waals surface area contributed by atoms with E-state index < -0.39 is 0 Å². The normalized spacial score (nSPS) is 13.5. The van der Waals surface area contributed by atoms with Crippen molar-refractivity contribution in [3.63, 3.8) is 0 Å². The smallest absolute Gasteiger partial charge is 0.267 e. The second-order valence-electron chi connectivity index (χ2n) is 6.39.